The van der Waals surface area contributed by atoms with Crippen LogP contribution in [0.2, 0.25) is 4.34 Å². The average Bonchev–Trinajstić information content (AvgIpc) is 3.57. The smallest absolute Gasteiger partial charge is 0.350 e. The summed E-state index contributed by atoms with van der Waals surface area (Å²) in [6.07, 6.45) is 8.06. The lowest BCUT2D eigenvalue weighted by atomic mass is 9.97. The number of thiazole rings is 1. The van der Waals surface area contributed by atoms with E-state index in [2.05, 4.69) is 32.9 Å². The summed E-state index contributed by atoms with van der Waals surface area (Å²) in [7, 11) is 1.92. The second-order valence-electron chi connectivity index (χ2n) is 11.3. The molecule has 2 amide bonds. The fraction of sp³-hybridized carbons (Fsp3) is 0.414. The van der Waals surface area contributed by atoms with E-state index in [4.69, 9.17) is 22.2 Å². The van der Waals surface area contributed by atoms with Crippen LogP contribution in [0, 0.1) is 0 Å². The highest BCUT2D eigenvalue weighted by molar-refractivity contribution is 8.00. The molecule has 3 aliphatic rings. The normalized spacial score (nSPS) is 20.7. The number of anilines is 1. The van der Waals surface area contributed by atoms with Crippen molar-refractivity contribution in [2.24, 2.45) is 5.16 Å². The Morgan fingerprint density at radius 2 is 2.13 bits per heavy atom. The Kier molecular flexibility index (Phi) is 9.72. The minimum absolute atomic E-state index is 0.00687. The first kappa shape index (κ1) is 33.4. The molecule has 2 aromatic rings. The molecule has 0 radical (unpaired) electrons. The standard InChI is InChI=1S/C29H32ClN7O7S2/c1-29(2,27(42)43)44-35-19(18-22(30)46-28(31)34-18)23(38)33-20-24(39)37-21(26(40)41)15(13-45-25(20)37)12-36-11-5-7-16-14(6-4-10-32-3)8-9-17(16)36/h5,7-9,11,14,20,25,32H,4,6,10,12-13H2,1-3H3,(H4-,31,33,34,38,40,41,42,43)/b35-19-. The molecule has 1 fully saturated rings. The molecule has 0 bridgehead atoms. The van der Waals surface area contributed by atoms with E-state index in [-0.39, 0.29) is 39.1 Å². The van der Waals surface area contributed by atoms with Gasteiger partial charge in [-0.3, -0.25) is 14.5 Å². The Hall–Kier alpha value is -3.99. The molecule has 1 saturated heterocycles. The van der Waals surface area contributed by atoms with Gasteiger partial charge in [-0.05, 0) is 46.3 Å². The van der Waals surface area contributed by atoms with Crippen molar-refractivity contribution < 1.29 is 38.8 Å². The van der Waals surface area contributed by atoms with Crippen LogP contribution in [0.4, 0.5) is 5.13 Å². The van der Waals surface area contributed by atoms with E-state index in [1.54, 1.807) is 0 Å². The van der Waals surface area contributed by atoms with Gasteiger partial charge in [0.1, 0.15) is 21.4 Å². The molecule has 17 heteroatoms. The van der Waals surface area contributed by atoms with Gasteiger partial charge in [0.15, 0.2) is 23.6 Å². The summed E-state index contributed by atoms with van der Waals surface area (Å²) >= 11 is 8.36. The maximum Gasteiger partial charge on any atom is 0.350 e. The lowest BCUT2D eigenvalue weighted by molar-refractivity contribution is -0.690. The fourth-order valence-corrected chi connectivity index (χ4v) is 7.61. The van der Waals surface area contributed by atoms with Gasteiger partial charge < -0.3 is 36.2 Å². The predicted octanol–water partition coefficient (Wildman–Crippen LogP) is 0.464. The van der Waals surface area contributed by atoms with Gasteiger partial charge in [-0.2, -0.15) is 4.57 Å². The van der Waals surface area contributed by atoms with Crippen molar-refractivity contribution in [3.8, 4) is 0 Å². The van der Waals surface area contributed by atoms with Crippen molar-refractivity contribution in [2.45, 2.75) is 56.2 Å². The number of fused-ring (bicyclic) bond motifs is 2. The van der Waals surface area contributed by atoms with Crippen LogP contribution in [0.15, 0.2) is 40.8 Å². The van der Waals surface area contributed by atoms with Crippen LogP contribution >= 0.6 is 34.7 Å². The van der Waals surface area contributed by atoms with E-state index in [0.29, 0.717) is 5.57 Å². The topological polar surface area (TPSA) is 203 Å². The highest BCUT2D eigenvalue weighted by atomic mass is 35.5. The summed E-state index contributed by atoms with van der Waals surface area (Å²) in [4.78, 5) is 61.0. The van der Waals surface area contributed by atoms with Gasteiger partial charge in [-0.1, -0.05) is 34.2 Å². The first-order valence-electron chi connectivity index (χ1n) is 14.3. The molecule has 1 aliphatic carbocycles. The molecular weight excluding hydrogens is 658 g/mol. The van der Waals surface area contributed by atoms with Crippen molar-refractivity contribution in [1.82, 2.24) is 20.5 Å². The third kappa shape index (κ3) is 6.47. The number of β-lactam (4-membered cyclic amide) rings is 1. The zero-order chi connectivity index (χ0) is 33.3. The van der Waals surface area contributed by atoms with Gasteiger partial charge in [0.25, 0.3) is 11.8 Å². The SMILES string of the molecule is CNCCCC1C=Cc2c1ccc[n+]2CC1=C(C(=O)[O-])N2C(=O)C(NC(=O)/C(=N\OC(C)(C)C(=O)O)c3nc(N)sc3Cl)C2SC1. The number of hydrogen-bond acceptors (Lipinski definition) is 12. The number of nitrogens with two attached hydrogens (primary N) is 1. The van der Waals surface area contributed by atoms with E-state index in [1.165, 1.54) is 25.6 Å². The summed E-state index contributed by atoms with van der Waals surface area (Å²) < 4.78 is 1.96. The number of oxime groups is 1. The number of aromatic nitrogens is 2. The van der Waals surface area contributed by atoms with Crippen molar-refractivity contribution in [1.29, 1.82) is 0 Å². The van der Waals surface area contributed by atoms with Gasteiger partial charge in [0.05, 0.1) is 11.7 Å². The minimum atomic E-state index is -1.81. The lowest BCUT2D eigenvalue weighted by Crippen LogP contribution is -2.71. The Morgan fingerprint density at radius 3 is 2.78 bits per heavy atom. The second-order valence-corrected chi connectivity index (χ2v) is 14.0. The van der Waals surface area contributed by atoms with Crippen LogP contribution in [0.5, 0.6) is 0 Å². The number of carboxylic acid groups (broad SMARTS) is 2. The molecular formula is C29H32ClN7O7S2. The molecule has 0 aromatic carbocycles. The Morgan fingerprint density at radius 1 is 1.37 bits per heavy atom. The third-order valence-corrected chi connectivity index (χ3v) is 10.2. The molecule has 5 N–H and O–H groups in total. The molecule has 4 heterocycles. The van der Waals surface area contributed by atoms with Gasteiger partial charge in [-0.15, -0.1) is 11.8 Å². The van der Waals surface area contributed by atoms with Gasteiger partial charge in [-0.25, -0.2) is 9.78 Å². The predicted molar refractivity (Wildman–Crippen MR) is 170 cm³/mol. The van der Waals surface area contributed by atoms with Gasteiger partial charge in [0, 0.05) is 34.9 Å². The number of nitrogen functional groups attached to an aromatic ring is 1. The fourth-order valence-electron chi connectivity index (χ4n) is 5.35. The Labute approximate surface area is 277 Å². The van der Waals surface area contributed by atoms with Crippen molar-refractivity contribution >= 4 is 75.4 Å². The highest BCUT2D eigenvalue weighted by Crippen LogP contribution is 2.40. The molecule has 14 nitrogen and oxygen atoms in total. The lowest BCUT2D eigenvalue weighted by Gasteiger charge is -2.50. The second kappa shape index (κ2) is 13.4. The van der Waals surface area contributed by atoms with Gasteiger partial charge >= 0.3 is 5.97 Å². The number of halogens is 1. The minimum Gasteiger partial charge on any atom is -0.543 e. The van der Waals surface area contributed by atoms with Crippen LogP contribution in [0.3, 0.4) is 0 Å². The molecule has 5 rings (SSSR count). The number of allylic oxidation sites excluding steroid dienone is 1. The first-order chi connectivity index (χ1) is 21.8. The molecule has 244 valence electrons. The number of thioether (sulfide) groups is 1. The number of carboxylic acids is 2. The summed E-state index contributed by atoms with van der Waals surface area (Å²) in [5.74, 6) is -3.92. The maximum absolute atomic E-state index is 13.4. The monoisotopic (exact) mass is 689 g/mol. The van der Waals surface area contributed by atoms with Crippen molar-refractivity contribution in [3.05, 3.63) is 57.0 Å². The number of amides is 2. The largest absolute Gasteiger partial charge is 0.543 e. The number of pyridine rings is 1. The number of nitrogens with one attached hydrogen (secondary N) is 2. The molecule has 2 aliphatic heterocycles. The van der Waals surface area contributed by atoms with E-state index >= 15 is 0 Å². The Bertz CT molecular complexity index is 1690. The van der Waals surface area contributed by atoms with Crippen LogP contribution < -0.4 is 26.0 Å². The third-order valence-electron chi connectivity index (χ3n) is 7.79. The highest BCUT2D eigenvalue weighted by Gasteiger charge is 2.53. The van der Waals surface area contributed by atoms with Crippen LogP contribution in [-0.4, -0.2) is 80.8 Å². The number of hydrogen-bond donors (Lipinski definition) is 4. The van der Waals surface area contributed by atoms with Crippen molar-refractivity contribution in [3.63, 3.8) is 0 Å². The molecule has 3 atom stereocenters. The van der Waals surface area contributed by atoms with E-state index in [1.807, 2.05) is 30.0 Å². The average molecular weight is 690 g/mol. The summed E-state index contributed by atoms with van der Waals surface area (Å²) in [5, 5.41) is 30.5. The molecule has 0 spiro atoms. The van der Waals surface area contributed by atoms with E-state index in [9.17, 15) is 29.4 Å². The number of aliphatic carboxylic acids is 2. The van der Waals surface area contributed by atoms with E-state index in [0.717, 1.165) is 46.9 Å². The number of carbonyl (C=O) groups excluding carboxylic acids is 3. The van der Waals surface area contributed by atoms with Crippen molar-refractivity contribution in [2.75, 3.05) is 25.1 Å². The summed E-state index contributed by atoms with van der Waals surface area (Å²) in [5.41, 5.74) is 5.67. The maximum atomic E-state index is 13.4. The number of carbonyl (C=O) groups is 4. The molecule has 0 saturated carbocycles. The summed E-state index contributed by atoms with van der Waals surface area (Å²) in [6.45, 7) is 3.60. The Balaban J connectivity index is 1.36. The zero-order valence-corrected chi connectivity index (χ0v) is 27.5. The molecule has 3 unspecified atom stereocenters. The zero-order valence-electron chi connectivity index (χ0n) is 25.1. The van der Waals surface area contributed by atoms with Gasteiger partial charge in [0.2, 0.25) is 11.3 Å². The van der Waals surface area contributed by atoms with Crippen LogP contribution in [-0.2, 0) is 30.6 Å². The van der Waals surface area contributed by atoms with E-state index < -0.39 is 46.5 Å². The molecule has 46 heavy (non-hydrogen) atoms. The van der Waals surface area contributed by atoms with Crippen LogP contribution in [0.25, 0.3) is 6.08 Å². The summed E-state index contributed by atoms with van der Waals surface area (Å²) in [6, 6.07) is 2.87. The quantitative estimate of drug-likeness (QED) is 0.0748. The first-order valence-corrected chi connectivity index (χ1v) is 16.5. The van der Waals surface area contributed by atoms with Crippen LogP contribution in [0.1, 0.15) is 49.6 Å². The molecule has 2 aromatic heterocycles. The number of nitrogens with zero attached hydrogens (tertiary/aromatic N) is 4. The number of rotatable bonds is 13.